The van der Waals surface area contributed by atoms with Crippen molar-refractivity contribution in [3.63, 3.8) is 0 Å². The van der Waals surface area contributed by atoms with Crippen LogP contribution in [0.4, 0.5) is 0 Å². The fourth-order valence-corrected chi connectivity index (χ4v) is 1.88. The van der Waals surface area contributed by atoms with E-state index in [1.54, 1.807) is 23.8 Å². The highest BCUT2D eigenvalue weighted by Crippen LogP contribution is 2.06. The Morgan fingerprint density at radius 3 is 2.56 bits per heavy atom. The lowest BCUT2D eigenvalue weighted by Gasteiger charge is -2.29. The van der Waals surface area contributed by atoms with Crippen LogP contribution in [0.3, 0.4) is 0 Å². The van der Waals surface area contributed by atoms with Gasteiger partial charge in [-0.1, -0.05) is 0 Å². The van der Waals surface area contributed by atoms with Crippen LogP contribution < -0.4 is 5.73 Å². The van der Waals surface area contributed by atoms with Crippen LogP contribution in [0.5, 0.6) is 0 Å². The monoisotopic (exact) mass is 248 g/mol. The van der Waals surface area contributed by atoms with Crippen molar-refractivity contribution in [3.05, 3.63) is 0 Å². The van der Waals surface area contributed by atoms with Gasteiger partial charge in [0.2, 0.25) is 5.91 Å². The zero-order valence-corrected chi connectivity index (χ0v) is 11.5. The number of hydrogen-bond acceptors (Lipinski definition) is 4. The molecule has 0 heterocycles. The molecule has 0 fully saturated rings. The minimum atomic E-state index is -0.383. The second kappa shape index (κ2) is 8.84. The molecule has 1 atom stereocenters. The van der Waals surface area contributed by atoms with Gasteiger partial charge >= 0.3 is 0 Å². The molecule has 0 bridgehead atoms. The van der Waals surface area contributed by atoms with E-state index in [0.29, 0.717) is 13.2 Å². The van der Waals surface area contributed by atoms with Crippen LogP contribution in [0.25, 0.3) is 0 Å². The number of nitrogens with two attached hydrogens (primary N) is 1. The Labute approximate surface area is 103 Å². The number of hydrogen-bond donors (Lipinski definition) is 1. The molecule has 0 rings (SSSR count). The van der Waals surface area contributed by atoms with Crippen LogP contribution in [0.15, 0.2) is 0 Å². The maximum absolute atomic E-state index is 12.0. The minimum absolute atomic E-state index is 0.0288. The summed E-state index contributed by atoms with van der Waals surface area (Å²) in [5.41, 5.74) is 5.87. The average molecular weight is 248 g/mol. The molecule has 0 unspecified atom stereocenters. The maximum atomic E-state index is 12.0. The van der Waals surface area contributed by atoms with Crippen molar-refractivity contribution < 1.29 is 9.53 Å². The highest BCUT2D eigenvalue weighted by Gasteiger charge is 2.22. The van der Waals surface area contributed by atoms with Gasteiger partial charge in [0, 0.05) is 19.7 Å². The van der Waals surface area contributed by atoms with Gasteiger partial charge in [0.05, 0.1) is 12.6 Å². The minimum Gasteiger partial charge on any atom is -0.383 e. The van der Waals surface area contributed by atoms with Gasteiger partial charge < -0.3 is 15.4 Å². The summed E-state index contributed by atoms with van der Waals surface area (Å²) in [6, 6.07) is -0.213. The predicted molar refractivity (Wildman–Crippen MR) is 69.7 cm³/mol. The highest BCUT2D eigenvalue weighted by molar-refractivity contribution is 7.98. The van der Waals surface area contributed by atoms with Gasteiger partial charge in [-0.15, -0.1) is 0 Å². The first-order chi connectivity index (χ1) is 7.54. The Morgan fingerprint density at radius 1 is 1.50 bits per heavy atom. The summed E-state index contributed by atoms with van der Waals surface area (Å²) in [6.07, 6.45) is 2.75. The third-order valence-corrected chi connectivity index (χ3v) is 3.04. The van der Waals surface area contributed by atoms with Crippen molar-refractivity contribution in [1.29, 1.82) is 0 Å². The number of ether oxygens (including phenoxy) is 1. The molecule has 0 aliphatic carbocycles. The molecule has 0 saturated heterocycles. The number of nitrogens with zero attached hydrogens (tertiary/aromatic N) is 1. The SMILES string of the molecule is COCCN(C(=O)[C@@H](N)CCSC)C(C)C. The fourth-order valence-electron chi connectivity index (χ4n) is 1.39. The standard InChI is InChI=1S/C11H24N2O2S/c1-9(2)13(6-7-15-3)11(14)10(12)5-8-16-4/h9-10H,5-8,12H2,1-4H3/t10-/m0/s1. The molecular weight excluding hydrogens is 224 g/mol. The second-order valence-corrected chi connectivity index (χ2v) is 4.99. The molecule has 16 heavy (non-hydrogen) atoms. The van der Waals surface area contributed by atoms with E-state index in [1.807, 2.05) is 20.1 Å². The van der Waals surface area contributed by atoms with E-state index >= 15 is 0 Å². The molecule has 4 nitrogen and oxygen atoms in total. The van der Waals surface area contributed by atoms with Crippen LogP contribution in [0, 0.1) is 0 Å². The van der Waals surface area contributed by atoms with Gasteiger partial charge in [0.25, 0.3) is 0 Å². The summed E-state index contributed by atoms with van der Waals surface area (Å²) in [5, 5.41) is 0. The molecule has 0 aromatic rings. The third-order valence-electron chi connectivity index (χ3n) is 2.39. The zero-order chi connectivity index (χ0) is 12.6. The van der Waals surface area contributed by atoms with Crippen molar-refractivity contribution in [2.24, 2.45) is 5.73 Å². The molecule has 0 aromatic heterocycles. The van der Waals surface area contributed by atoms with E-state index in [9.17, 15) is 4.79 Å². The molecule has 1 amide bonds. The quantitative estimate of drug-likeness (QED) is 0.695. The lowest BCUT2D eigenvalue weighted by atomic mass is 10.2. The molecular formula is C11H24N2O2S. The van der Waals surface area contributed by atoms with Gasteiger partial charge in [-0.05, 0) is 32.3 Å². The third kappa shape index (κ3) is 5.72. The molecule has 96 valence electrons. The Balaban J connectivity index is 4.24. The van der Waals surface area contributed by atoms with Gasteiger partial charge in [-0.25, -0.2) is 0 Å². The van der Waals surface area contributed by atoms with E-state index in [0.717, 1.165) is 12.2 Å². The Morgan fingerprint density at radius 2 is 2.12 bits per heavy atom. The summed E-state index contributed by atoms with van der Waals surface area (Å²) < 4.78 is 4.99. The van der Waals surface area contributed by atoms with Crippen molar-refractivity contribution in [3.8, 4) is 0 Å². The van der Waals surface area contributed by atoms with Crippen LogP contribution in [0.1, 0.15) is 20.3 Å². The molecule has 0 radical (unpaired) electrons. The van der Waals surface area contributed by atoms with Crippen LogP contribution >= 0.6 is 11.8 Å². The van der Waals surface area contributed by atoms with E-state index in [2.05, 4.69) is 0 Å². The second-order valence-electron chi connectivity index (χ2n) is 4.01. The van der Waals surface area contributed by atoms with E-state index < -0.39 is 0 Å². The first-order valence-corrected chi connectivity index (χ1v) is 6.97. The largest absolute Gasteiger partial charge is 0.383 e. The summed E-state index contributed by atoms with van der Waals surface area (Å²) in [4.78, 5) is 13.8. The predicted octanol–water partition coefficient (Wildman–Crippen LogP) is 0.950. The highest BCUT2D eigenvalue weighted by atomic mass is 32.2. The lowest BCUT2D eigenvalue weighted by molar-refractivity contribution is -0.135. The fraction of sp³-hybridized carbons (Fsp3) is 0.909. The Bertz CT molecular complexity index is 200. The summed E-state index contributed by atoms with van der Waals surface area (Å²) >= 11 is 1.71. The molecule has 0 saturated carbocycles. The lowest BCUT2D eigenvalue weighted by Crippen LogP contribution is -2.48. The van der Waals surface area contributed by atoms with E-state index in [1.165, 1.54) is 0 Å². The Kier molecular flexibility index (Phi) is 8.70. The van der Waals surface area contributed by atoms with Crippen molar-refractivity contribution in [1.82, 2.24) is 4.90 Å². The Hall–Kier alpha value is -0.260. The normalized spacial score (nSPS) is 12.9. The summed E-state index contributed by atoms with van der Waals surface area (Å²) in [5.74, 6) is 0.949. The molecule has 0 aromatic carbocycles. The molecule has 5 heteroatoms. The van der Waals surface area contributed by atoms with Gasteiger partial charge in [0.1, 0.15) is 0 Å². The first kappa shape index (κ1) is 15.7. The zero-order valence-electron chi connectivity index (χ0n) is 10.7. The number of rotatable bonds is 8. The van der Waals surface area contributed by atoms with Crippen molar-refractivity contribution in [2.45, 2.75) is 32.4 Å². The summed E-state index contributed by atoms with van der Waals surface area (Å²) in [7, 11) is 1.64. The smallest absolute Gasteiger partial charge is 0.239 e. The molecule has 2 N–H and O–H groups in total. The van der Waals surface area contributed by atoms with E-state index in [-0.39, 0.29) is 18.0 Å². The average Bonchev–Trinajstić information content (AvgIpc) is 2.25. The number of carbonyl (C=O) groups excluding carboxylic acids is 1. The number of carbonyl (C=O) groups is 1. The van der Waals surface area contributed by atoms with Crippen LogP contribution in [0.2, 0.25) is 0 Å². The molecule has 0 aliphatic heterocycles. The van der Waals surface area contributed by atoms with Crippen molar-refractivity contribution in [2.75, 3.05) is 32.3 Å². The van der Waals surface area contributed by atoms with Gasteiger partial charge in [-0.2, -0.15) is 11.8 Å². The first-order valence-electron chi connectivity index (χ1n) is 5.58. The van der Waals surface area contributed by atoms with Gasteiger partial charge in [-0.3, -0.25) is 4.79 Å². The maximum Gasteiger partial charge on any atom is 0.239 e. The molecule has 0 aliphatic rings. The summed E-state index contributed by atoms with van der Waals surface area (Å²) in [6.45, 7) is 5.16. The number of thioether (sulfide) groups is 1. The van der Waals surface area contributed by atoms with Crippen LogP contribution in [-0.2, 0) is 9.53 Å². The topological polar surface area (TPSA) is 55.6 Å². The van der Waals surface area contributed by atoms with Gasteiger partial charge in [0.15, 0.2) is 0 Å². The van der Waals surface area contributed by atoms with Crippen molar-refractivity contribution >= 4 is 17.7 Å². The number of methoxy groups -OCH3 is 1. The molecule has 0 spiro atoms. The van der Waals surface area contributed by atoms with E-state index in [4.69, 9.17) is 10.5 Å². The van der Waals surface area contributed by atoms with Crippen LogP contribution in [-0.4, -0.2) is 55.2 Å². The number of amides is 1.